The topological polar surface area (TPSA) is 30.3 Å². The molecule has 22 heavy (non-hydrogen) atoms. The van der Waals surface area contributed by atoms with E-state index in [4.69, 9.17) is 4.74 Å². The van der Waals surface area contributed by atoms with Gasteiger partial charge < -0.3 is 14.2 Å². The van der Waals surface area contributed by atoms with Crippen molar-refractivity contribution >= 4 is 11.6 Å². The van der Waals surface area contributed by atoms with Crippen LogP contribution in [0.5, 0.6) is 5.75 Å². The summed E-state index contributed by atoms with van der Waals surface area (Å²) >= 11 is 0. The van der Waals surface area contributed by atoms with Gasteiger partial charge in [-0.15, -0.1) is 0 Å². The van der Waals surface area contributed by atoms with Gasteiger partial charge in [0.1, 0.15) is 18.2 Å². The van der Waals surface area contributed by atoms with Crippen LogP contribution in [0.4, 0.5) is 0 Å². The summed E-state index contributed by atoms with van der Waals surface area (Å²) in [5, 5.41) is 0. The third-order valence-corrected chi connectivity index (χ3v) is 4.58. The number of rotatable bonds is 2. The van der Waals surface area contributed by atoms with E-state index in [9.17, 15) is 0 Å². The second-order valence-electron chi connectivity index (χ2n) is 6.21. The number of fused-ring (bicyclic) bond motifs is 1. The van der Waals surface area contributed by atoms with Crippen molar-refractivity contribution in [1.82, 2.24) is 14.5 Å². The van der Waals surface area contributed by atoms with Gasteiger partial charge in [0, 0.05) is 36.1 Å². The average molecular weight is 295 g/mol. The van der Waals surface area contributed by atoms with Crippen molar-refractivity contribution in [1.29, 1.82) is 0 Å². The molecule has 1 saturated heterocycles. The quantitative estimate of drug-likeness (QED) is 0.853. The standard InChI is InChI=1S/C18H21N3O/c1-20-9-4-6-16(12-20)21-10-8-19-18(21)15-11-14-5-2-3-7-17(14)22-13-15/h2-3,5,7-8,10-11,16H,4,6,9,12-13H2,1H3. The average Bonchev–Trinajstić information content (AvgIpc) is 3.04. The normalized spacial score (nSPS) is 21.9. The second-order valence-corrected chi connectivity index (χ2v) is 6.21. The molecule has 2 aromatic rings. The van der Waals surface area contributed by atoms with Crippen molar-refractivity contribution in [3.05, 3.63) is 48.0 Å². The van der Waals surface area contributed by atoms with Crippen LogP contribution in [0.3, 0.4) is 0 Å². The molecular formula is C18H21N3O. The van der Waals surface area contributed by atoms with Crippen molar-refractivity contribution in [3.63, 3.8) is 0 Å². The van der Waals surface area contributed by atoms with Crippen LogP contribution < -0.4 is 4.74 Å². The molecule has 0 spiro atoms. The summed E-state index contributed by atoms with van der Waals surface area (Å²) in [4.78, 5) is 7.01. The van der Waals surface area contributed by atoms with Crippen molar-refractivity contribution in [2.24, 2.45) is 0 Å². The van der Waals surface area contributed by atoms with Crippen LogP contribution in [-0.4, -0.2) is 41.2 Å². The van der Waals surface area contributed by atoms with Crippen LogP contribution >= 0.6 is 0 Å². The fraction of sp³-hybridized carbons (Fsp3) is 0.389. The summed E-state index contributed by atoms with van der Waals surface area (Å²) < 4.78 is 8.22. The molecule has 1 fully saturated rings. The number of hydrogen-bond donors (Lipinski definition) is 0. The zero-order valence-electron chi connectivity index (χ0n) is 12.9. The molecule has 4 nitrogen and oxygen atoms in total. The van der Waals surface area contributed by atoms with E-state index in [1.54, 1.807) is 0 Å². The summed E-state index contributed by atoms with van der Waals surface area (Å²) in [6, 6.07) is 8.68. The predicted molar refractivity (Wildman–Crippen MR) is 87.8 cm³/mol. The molecule has 114 valence electrons. The molecule has 4 heteroatoms. The number of hydrogen-bond acceptors (Lipinski definition) is 3. The van der Waals surface area contributed by atoms with Crippen molar-refractivity contribution in [2.75, 3.05) is 26.7 Å². The number of piperidine rings is 1. The first kappa shape index (κ1) is 13.6. The fourth-order valence-corrected chi connectivity index (χ4v) is 3.47. The first-order valence-electron chi connectivity index (χ1n) is 7.95. The van der Waals surface area contributed by atoms with Gasteiger partial charge in [0.25, 0.3) is 0 Å². The molecule has 0 N–H and O–H groups in total. The predicted octanol–water partition coefficient (Wildman–Crippen LogP) is 3.08. The largest absolute Gasteiger partial charge is 0.488 e. The Hall–Kier alpha value is -2.07. The second kappa shape index (κ2) is 5.61. The number of imidazole rings is 1. The Morgan fingerprint density at radius 2 is 2.18 bits per heavy atom. The molecule has 1 aromatic heterocycles. The van der Waals surface area contributed by atoms with Gasteiger partial charge in [-0.05, 0) is 38.6 Å². The molecule has 1 atom stereocenters. The Labute approximate surface area is 131 Å². The minimum atomic E-state index is 0.509. The van der Waals surface area contributed by atoms with E-state index in [-0.39, 0.29) is 0 Å². The van der Waals surface area contributed by atoms with E-state index in [0.29, 0.717) is 12.6 Å². The van der Waals surface area contributed by atoms with Crippen LogP contribution in [0.25, 0.3) is 11.6 Å². The highest BCUT2D eigenvalue weighted by Gasteiger charge is 2.23. The fourth-order valence-electron chi connectivity index (χ4n) is 3.47. The van der Waals surface area contributed by atoms with Gasteiger partial charge in [-0.25, -0.2) is 4.98 Å². The monoisotopic (exact) mass is 295 g/mol. The Balaban J connectivity index is 1.67. The van der Waals surface area contributed by atoms with Crippen LogP contribution in [0.1, 0.15) is 30.3 Å². The summed E-state index contributed by atoms with van der Waals surface area (Å²) in [7, 11) is 2.20. The van der Waals surface area contributed by atoms with Crippen molar-refractivity contribution < 1.29 is 4.74 Å². The lowest BCUT2D eigenvalue weighted by Crippen LogP contribution is -2.34. The van der Waals surface area contributed by atoms with Crippen LogP contribution in [-0.2, 0) is 0 Å². The van der Waals surface area contributed by atoms with E-state index in [2.05, 4.69) is 39.8 Å². The molecule has 2 aliphatic heterocycles. The molecule has 0 aliphatic carbocycles. The number of ether oxygens (including phenoxy) is 1. The van der Waals surface area contributed by atoms with Crippen LogP contribution in [0, 0.1) is 0 Å². The summed E-state index contributed by atoms with van der Waals surface area (Å²) in [6.45, 7) is 2.88. The molecular weight excluding hydrogens is 274 g/mol. The maximum atomic E-state index is 5.89. The minimum Gasteiger partial charge on any atom is -0.488 e. The Kier molecular flexibility index (Phi) is 3.47. The number of para-hydroxylation sites is 1. The van der Waals surface area contributed by atoms with E-state index in [1.807, 2.05) is 24.4 Å². The summed E-state index contributed by atoms with van der Waals surface area (Å²) in [5.41, 5.74) is 2.30. The van der Waals surface area contributed by atoms with Gasteiger partial charge in [-0.1, -0.05) is 18.2 Å². The Bertz CT molecular complexity index is 704. The first-order chi connectivity index (χ1) is 10.8. The van der Waals surface area contributed by atoms with Crippen LogP contribution in [0.2, 0.25) is 0 Å². The maximum absolute atomic E-state index is 5.89. The third-order valence-electron chi connectivity index (χ3n) is 4.58. The Morgan fingerprint density at radius 1 is 1.27 bits per heavy atom. The molecule has 1 unspecified atom stereocenters. The van der Waals surface area contributed by atoms with Gasteiger partial charge in [0.15, 0.2) is 0 Å². The SMILES string of the molecule is CN1CCCC(n2ccnc2C2=Cc3ccccc3OC2)C1. The van der Waals surface area contributed by atoms with Gasteiger partial charge >= 0.3 is 0 Å². The smallest absolute Gasteiger partial charge is 0.139 e. The molecule has 4 rings (SSSR count). The van der Waals surface area contributed by atoms with E-state index in [0.717, 1.165) is 29.3 Å². The lowest BCUT2D eigenvalue weighted by Gasteiger charge is -2.32. The number of aromatic nitrogens is 2. The van der Waals surface area contributed by atoms with Crippen molar-refractivity contribution in [3.8, 4) is 5.75 Å². The molecule has 0 bridgehead atoms. The van der Waals surface area contributed by atoms with Crippen LogP contribution in [0.15, 0.2) is 36.7 Å². The first-order valence-corrected chi connectivity index (χ1v) is 7.95. The van der Waals surface area contributed by atoms with Crippen molar-refractivity contribution in [2.45, 2.75) is 18.9 Å². The lowest BCUT2D eigenvalue weighted by molar-refractivity contribution is 0.211. The Morgan fingerprint density at radius 3 is 3.09 bits per heavy atom. The number of benzene rings is 1. The highest BCUT2D eigenvalue weighted by molar-refractivity contribution is 5.83. The van der Waals surface area contributed by atoms with E-state index < -0.39 is 0 Å². The molecule has 2 aliphatic rings. The zero-order chi connectivity index (χ0) is 14.9. The van der Waals surface area contributed by atoms with Gasteiger partial charge in [0.2, 0.25) is 0 Å². The van der Waals surface area contributed by atoms with Gasteiger partial charge in [0.05, 0.1) is 0 Å². The molecule has 0 radical (unpaired) electrons. The summed E-state index contributed by atoms with van der Waals surface area (Å²) in [5.74, 6) is 2.01. The number of likely N-dealkylation sites (tertiary alicyclic amines) is 1. The number of nitrogens with zero attached hydrogens (tertiary/aromatic N) is 3. The maximum Gasteiger partial charge on any atom is 0.139 e. The highest BCUT2D eigenvalue weighted by Crippen LogP contribution is 2.31. The highest BCUT2D eigenvalue weighted by atomic mass is 16.5. The van der Waals surface area contributed by atoms with Gasteiger partial charge in [-0.3, -0.25) is 0 Å². The molecule has 0 amide bonds. The molecule has 0 saturated carbocycles. The summed E-state index contributed by atoms with van der Waals surface area (Å²) in [6.07, 6.45) is 8.70. The zero-order valence-corrected chi connectivity index (χ0v) is 12.9. The van der Waals surface area contributed by atoms with E-state index >= 15 is 0 Å². The molecule has 3 heterocycles. The molecule has 1 aromatic carbocycles. The number of likely N-dealkylation sites (N-methyl/N-ethyl adjacent to an activating group) is 1. The van der Waals surface area contributed by atoms with E-state index in [1.165, 1.54) is 19.4 Å². The van der Waals surface area contributed by atoms with Gasteiger partial charge in [-0.2, -0.15) is 0 Å². The minimum absolute atomic E-state index is 0.509. The lowest BCUT2D eigenvalue weighted by atomic mass is 10.0. The third kappa shape index (κ3) is 2.44.